The average Bonchev–Trinajstić information content (AvgIpc) is 3.41. The number of carbonyl (C=O) groups is 1. The number of urea groups is 1. The van der Waals surface area contributed by atoms with Crippen molar-refractivity contribution in [2.45, 2.75) is 32.5 Å². The number of carbonyl (C=O) groups excluding carboxylic acids is 1. The van der Waals surface area contributed by atoms with Crippen LogP contribution in [0.4, 0.5) is 10.7 Å². The molecular weight excluding hydrogens is 453 g/mol. The molecule has 1 aliphatic rings. The lowest BCUT2D eigenvalue weighted by Crippen LogP contribution is -2.37. The van der Waals surface area contributed by atoms with Gasteiger partial charge in [-0.3, -0.25) is 4.68 Å². The summed E-state index contributed by atoms with van der Waals surface area (Å²) >= 11 is 13.0. The molecule has 0 bridgehead atoms. The van der Waals surface area contributed by atoms with Gasteiger partial charge in [-0.05, 0) is 36.6 Å². The minimum Gasteiger partial charge on any atom is -0.395 e. The number of hydrogen-bond donors (Lipinski definition) is 3. The predicted octanol–water partition coefficient (Wildman–Crippen LogP) is 2.88. The zero-order valence-electron chi connectivity index (χ0n) is 17.3. The molecule has 11 heteroatoms. The van der Waals surface area contributed by atoms with Crippen molar-refractivity contribution >= 4 is 35.2 Å². The number of nitrogens with one attached hydrogen (secondary N) is 1. The number of aryl methyl sites for hydroxylation is 2. The minimum absolute atomic E-state index is 0.116. The first-order valence-corrected chi connectivity index (χ1v) is 11.0. The monoisotopic (exact) mass is 475 g/mol. The normalized spacial score (nSPS) is 12.8. The second-order valence-corrected chi connectivity index (χ2v) is 8.31. The number of anilines is 1. The highest BCUT2D eigenvalue weighted by Crippen LogP contribution is 2.39. The number of amides is 2. The van der Waals surface area contributed by atoms with Gasteiger partial charge in [-0.2, -0.15) is 5.10 Å². The van der Waals surface area contributed by atoms with E-state index in [1.807, 2.05) is 23.0 Å². The van der Waals surface area contributed by atoms with Gasteiger partial charge in [-0.25, -0.2) is 14.8 Å². The SMILES string of the molecule is Nc1nc2c(c(-c3c(Cl)cc(Cl)cc3CCCn3cccn3)n1)CN(C(=O)NCCO)C2. The molecule has 2 aromatic heterocycles. The molecule has 0 atom stereocenters. The van der Waals surface area contributed by atoms with Crippen LogP contribution in [0.25, 0.3) is 11.3 Å². The number of nitrogens with zero attached hydrogens (tertiary/aromatic N) is 5. The fourth-order valence-electron chi connectivity index (χ4n) is 3.85. The number of benzene rings is 1. The quantitative estimate of drug-likeness (QED) is 0.482. The summed E-state index contributed by atoms with van der Waals surface area (Å²) in [6, 6.07) is 5.16. The van der Waals surface area contributed by atoms with E-state index in [9.17, 15) is 4.79 Å². The number of hydrogen-bond acceptors (Lipinski definition) is 6. The van der Waals surface area contributed by atoms with E-state index in [1.54, 1.807) is 17.2 Å². The number of fused-ring (bicyclic) bond motifs is 1. The number of nitrogens with two attached hydrogens (primary N) is 1. The van der Waals surface area contributed by atoms with Crippen molar-refractivity contribution in [1.29, 1.82) is 0 Å². The lowest BCUT2D eigenvalue weighted by molar-refractivity contribution is 0.194. The molecule has 0 radical (unpaired) electrons. The third-order valence-electron chi connectivity index (χ3n) is 5.24. The van der Waals surface area contributed by atoms with Gasteiger partial charge in [0, 0.05) is 41.6 Å². The van der Waals surface area contributed by atoms with Crippen LogP contribution in [-0.4, -0.2) is 48.9 Å². The summed E-state index contributed by atoms with van der Waals surface area (Å²) in [5.41, 5.74) is 9.80. The maximum atomic E-state index is 12.4. The highest BCUT2D eigenvalue weighted by atomic mass is 35.5. The van der Waals surface area contributed by atoms with Gasteiger partial charge in [0.15, 0.2) is 0 Å². The number of aliphatic hydroxyl groups excluding tert-OH is 1. The zero-order valence-corrected chi connectivity index (χ0v) is 18.8. The second kappa shape index (κ2) is 9.72. The molecule has 0 aliphatic carbocycles. The maximum absolute atomic E-state index is 12.4. The van der Waals surface area contributed by atoms with Crippen LogP contribution < -0.4 is 11.1 Å². The number of halogens is 2. The van der Waals surface area contributed by atoms with Crippen LogP contribution >= 0.6 is 23.2 Å². The van der Waals surface area contributed by atoms with E-state index in [-0.39, 0.29) is 25.1 Å². The van der Waals surface area contributed by atoms with Crippen LogP contribution in [0.2, 0.25) is 10.0 Å². The smallest absolute Gasteiger partial charge is 0.318 e. The summed E-state index contributed by atoms with van der Waals surface area (Å²) < 4.78 is 1.87. The van der Waals surface area contributed by atoms with Gasteiger partial charge in [-0.15, -0.1) is 0 Å². The van der Waals surface area contributed by atoms with E-state index >= 15 is 0 Å². The van der Waals surface area contributed by atoms with Crippen LogP contribution in [0.15, 0.2) is 30.6 Å². The van der Waals surface area contributed by atoms with Crippen LogP contribution in [0.3, 0.4) is 0 Å². The standard InChI is InChI=1S/C21H23Cl2N7O2/c22-14-9-13(3-1-6-30-7-2-4-26-30)18(16(23)10-14)19-15-11-29(21(32)25-5-8-31)12-17(15)27-20(24)28-19/h2,4,7,9-10,31H,1,3,5-6,8,11-12H2,(H,25,32)(H2,24,27,28). The van der Waals surface area contributed by atoms with E-state index in [4.69, 9.17) is 34.0 Å². The molecule has 3 aromatic rings. The molecule has 1 aliphatic heterocycles. The molecule has 0 fully saturated rings. The average molecular weight is 476 g/mol. The van der Waals surface area contributed by atoms with E-state index in [0.29, 0.717) is 40.9 Å². The lowest BCUT2D eigenvalue weighted by atomic mass is 9.97. The Hall–Kier alpha value is -2.88. The number of aliphatic hydroxyl groups is 1. The molecule has 0 unspecified atom stereocenters. The first kappa shape index (κ1) is 22.3. The Morgan fingerprint density at radius 1 is 1.25 bits per heavy atom. The largest absolute Gasteiger partial charge is 0.395 e. The van der Waals surface area contributed by atoms with Gasteiger partial charge in [-0.1, -0.05) is 23.2 Å². The number of aromatic nitrogens is 4. The van der Waals surface area contributed by atoms with Crippen LogP contribution in [0.1, 0.15) is 23.2 Å². The van der Waals surface area contributed by atoms with Crippen molar-refractivity contribution in [3.05, 3.63) is 57.5 Å². The molecule has 0 saturated carbocycles. The lowest BCUT2D eigenvalue weighted by Gasteiger charge is -2.17. The Kier molecular flexibility index (Phi) is 6.78. The molecule has 9 nitrogen and oxygen atoms in total. The minimum atomic E-state index is -0.289. The van der Waals surface area contributed by atoms with Crippen LogP contribution in [0, 0.1) is 0 Å². The Balaban J connectivity index is 1.66. The van der Waals surface area contributed by atoms with Crippen molar-refractivity contribution in [2.24, 2.45) is 0 Å². The van der Waals surface area contributed by atoms with Crippen molar-refractivity contribution in [2.75, 3.05) is 18.9 Å². The van der Waals surface area contributed by atoms with Gasteiger partial charge < -0.3 is 21.1 Å². The van der Waals surface area contributed by atoms with E-state index in [1.165, 1.54) is 0 Å². The maximum Gasteiger partial charge on any atom is 0.318 e. The van der Waals surface area contributed by atoms with Crippen LogP contribution in [0.5, 0.6) is 0 Å². The Labute approximate surface area is 195 Å². The molecular formula is C21H23Cl2N7O2. The fourth-order valence-corrected chi connectivity index (χ4v) is 4.48. The summed E-state index contributed by atoms with van der Waals surface area (Å²) in [5.74, 6) is 0.116. The third kappa shape index (κ3) is 4.79. The molecule has 2 amide bonds. The Morgan fingerprint density at radius 3 is 2.84 bits per heavy atom. The topological polar surface area (TPSA) is 122 Å². The van der Waals surface area contributed by atoms with Gasteiger partial charge in [0.05, 0.1) is 36.1 Å². The Bertz CT molecular complexity index is 1120. The van der Waals surface area contributed by atoms with Crippen LogP contribution in [-0.2, 0) is 26.1 Å². The number of rotatable bonds is 7. The summed E-state index contributed by atoms with van der Waals surface area (Å²) in [7, 11) is 0. The zero-order chi connectivity index (χ0) is 22.7. The van der Waals surface area contributed by atoms with E-state index in [2.05, 4.69) is 20.4 Å². The summed E-state index contributed by atoms with van der Waals surface area (Å²) in [5, 5.41) is 16.9. The van der Waals surface area contributed by atoms with Crippen molar-refractivity contribution in [3.8, 4) is 11.3 Å². The van der Waals surface area contributed by atoms with Gasteiger partial charge >= 0.3 is 6.03 Å². The van der Waals surface area contributed by atoms with Crippen molar-refractivity contribution in [3.63, 3.8) is 0 Å². The highest BCUT2D eigenvalue weighted by molar-refractivity contribution is 6.36. The third-order valence-corrected chi connectivity index (χ3v) is 5.76. The van der Waals surface area contributed by atoms with E-state index in [0.717, 1.165) is 29.7 Å². The highest BCUT2D eigenvalue weighted by Gasteiger charge is 2.30. The van der Waals surface area contributed by atoms with E-state index < -0.39 is 0 Å². The second-order valence-electron chi connectivity index (χ2n) is 7.46. The molecule has 32 heavy (non-hydrogen) atoms. The molecule has 0 saturated heterocycles. The fraction of sp³-hybridized carbons (Fsp3) is 0.333. The summed E-state index contributed by atoms with van der Waals surface area (Å²) in [6.45, 7) is 1.40. The molecule has 4 N–H and O–H groups in total. The number of nitrogen functional groups attached to an aromatic ring is 1. The van der Waals surface area contributed by atoms with Gasteiger partial charge in [0.2, 0.25) is 5.95 Å². The first-order chi connectivity index (χ1) is 15.5. The van der Waals surface area contributed by atoms with Crippen molar-refractivity contribution < 1.29 is 9.90 Å². The Morgan fingerprint density at radius 2 is 2.09 bits per heavy atom. The van der Waals surface area contributed by atoms with Gasteiger partial charge in [0.1, 0.15) is 0 Å². The predicted molar refractivity (Wildman–Crippen MR) is 122 cm³/mol. The molecule has 4 rings (SSSR count). The molecule has 1 aromatic carbocycles. The molecule has 0 spiro atoms. The summed E-state index contributed by atoms with van der Waals surface area (Å²) in [6.07, 6.45) is 5.19. The summed E-state index contributed by atoms with van der Waals surface area (Å²) in [4.78, 5) is 22.9. The molecule has 3 heterocycles. The van der Waals surface area contributed by atoms with Crippen molar-refractivity contribution in [1.82, 2.24) is 30.0 Å². The molecule has 168 valence electrons. The van der Waals surface area contributed by atoms with Gasteiger partial charge in [0.25, 0.3) is 0 Å². The first-order valence-electron chi connectivity index (χ1n) is 10.2.